The molecule has 0 radical (unpaired) electrons. The van der Waals surface area contributed by atoms with Crippen molar-refractivity contribution in [3.8, 4) is 22.6 Å². The third-order valence-corrected chi connectivity index (χ3v) is 2.86. The van der Waals surface area contributed by atoms with Crippen LogP contribution in [-0.4, -0.2) is 25.3 Å². The van der Waals surface area contributed by atoms with Gasteiger partial charge >= 0.3 is 5.97 Å². The van der Waals surface area contributed by atoms with Crippen LogP contribution >= 0.6 is 0 Å². The highest BCUT2D eigenvalue weighted by atomic mass is 16.5. The maximum absolute atomic E-state index is 11.4. The summed E-state index contributed by atoms with van der Waals surface area (Å²) in [6, 6.07) is 12.4. The number of methoxy groups -OCH3 is 2. The fraction of sp³-hybridized carbons (Fsp3) is 0.133. The maximum atomic E-state index is 11.4. The van der Waals surface area contributed by atoms with Crippen molar-refractivity contribution in [1.82, 2.24) is 0 Å². The second-order valence-corrected chi connectivity index (χ2v) is 3.92. The molecule has 0 fully saturated rings. The van der Waals surface area contributed by atoms with Gasteiger partial charge in [-0.2, -0.15) is 0 Å². The van der Waals surface area contributed by atoms with Crippen LogP contribution in [0.4, 0.5) is 0 Å². The standard InChI is InChI=1S/C15H14O4/c1-18-11-8-6-10(7-9-11)12-4-3-5-13(19-2)14(12)15(16)17/h3-9H,1-2H3,(H,16,17). The fourth-order valence-corrected chi connectivity index (χ4v) is 1.93. The summed E-state index contributed by atoms with van der Waals surface area (Å²) >= 11 is 0. The van der Waals surface area contributed by atoms with Gasteiger partial charge in [-0.3, -0.25) is 0 Å². The van der Waals surface area contributed by atoms with Crippen molar-refractivity contribution in [3.05, 3.63) is 48.0 Å². The van der Waals surface area contributed by atoms with E-state index < -0.39 is 5.97 Å². The Kier molecular flexibility index (Phi) is 3.71. The van der Waals surface area contributed by atoms with Crippen molar-refractivity contribution < 1.29 is 19.4 Å². The van der Waals surface area contributed by atoms with Crippen molar-refractivity contribution in [2.45, 2.75) is 0 Å². The number of carbonyl (C=O) groups is 1. The molecule has 2 rings (SSSR count). The molecule has 0 aromatic heterocycles. The largest absolute Gasteiger partial charge is 0.497 e. The molecule has 2 aromatic carbocycles. The lowest BCUT2D eigenvalue weighted by atomic mass is 9.99. The summed E-state index contributed by atoms with van der Waals surface area (Å²) in [5.74, 6) is 0.0626. The molecule has 0 aliphatic carbocycles. The Morgan fingerprint density at radius 2 is 1.68 bits per heavy atom. The second kappa shape index (κ2) is 5.44. The molecule has 4 heteroatoms. The summed E-state index contributed by atoms with van der Waals surface area (Å²) in [5.41, 5.74) is 1.58. The summed E-state index contributed by atoms with van der Waals surface area (Å²) in [7, 11) is 3.04. The predicted molar refractivity (Wildman–Crippen MR) is 71.9 cm³/mol. The summed E-state index contributed by atoms with van der Waals surface area (Å²) in [6.07, 6.45) is 0. The SMILES string of the molecule is COc1ccc(-c2cccc(OC)c2C(=O)O)cc1. The van der Waals surface area contributed by atoms with Gasteiger partial charge in [0, 0.05) is 0 Å². The van der Waals surface area contributed by atoms with Crippen LogP contribution in [0.25, 0.3) is 11.1 Å². The van der Waals surface area contributed by atoms with Crippen molar-refractivity contribution in [1.29, 1.82) is 0 Å². The Bertz CT molecular complexity index is 588. The Balaban J connectivity index is 2.57. The lowest BCUT2D eigenvalue weighted by molar-refractivity contribution is 0.0694. The molecular weight excluding hydrogens is 244 g/mol. The minimum Gasteiger partial charge on any atom is -0.497 e. The average molecular weight is 258 g/mol. The first-order chi connectivity index (χ1) is 9.17. The molecule has 0 saturated carbocycles. The number of hydrogen-bond donors (Lipinski definition) is 1. The number of rotatable bonds is 4. The Hall–Kier alpha value is -2.49. The third-order valence-electron chi connectivity index (χ3n) is 2.86. The fourth-order valence-electron chi connectivity index (χ4n) is 1.93. The highest BCUT2D eigenvalue weighted by Crippen LogP contribution is 2.31. The maximum Gasteiger partial charge on any atom is 0.340 e. The zero-order valence-electron chi connectivity index (χ0n) is 10.7. The van der Waals surface area contributed by atoms with Gasteiger partial charge in [0.05, 0.1) is 14.2 Å². The molecule has 0 heterocycles. The molecule has 98 valence electrons. The normalized spacial score (nSPS) is 10.0. The number of carboxylic acid groups (broad SMARTS) is 1. The first kappa shape index (κ1) is 13.0. The predicted octanol–water partition coefficient (Wildman–Crippen LogP) is 3.07. The summed E-state index contributed by atoms with van der Waals surface area (Å²) in [6.45, 7) is 0. The zero-order chi connectivity index (χ0) is 13.8. The molecule has 0 aliphatic heterocycles. The molecule has 0 spiro atoms. The van der Waals surface area contributed by atoms with Gasteiger partial charge in [0.2, 0.25) is 0 Å². The molecule has 4 nitrogen and oxygen atoms in total. The topological polar surface area (TPSA) is 55.8 Å². The molecule has 0 aliphatic rings. The Labute approximate surface area is 111 Å². The van der Waals surface area contributed by atoms with Gasteiger partial charge in [0.1, 0.15) is 17.1 Å². The van der Waals surface area contributed by atoms with Crippen LogP contribution in [0.1, 0.15) is 10.4 Å². The summed E-state index contributed by atoms with van der Waals surface area (Å²) < 4.78 is 10.2. The van der Waals surface area contributed by atoms with Crippen LogP contribution in [-0.2, 0) is 0 Å². The molecule has 0 bridgehead atoms. The van der Waals surface area contributed by atoms with Crippen molar-refractivity contribution in [3.63, 3.8) is 0 Å². The molecular formula is C15H14O4. The molecule has 0 unspecified atom stereocenters. The molecule has 0 saturated heterocycles. The number of hydrogen-bond acceptors (Lipinski definition) is 3. The van der Waals surface area contributed by atoms with E-state index in [1.807, 2.05) is 12.1 Å². The average Bonchev–Trinajstić information content (AvgIpc) is 2.46. The molecule has 1 N–H and O–H groups in total. The molecule has 19 heavy (non-hydrogen) atoms. The van der Waals surface area contributed by atoms with Crippen LogP contribution < -0.4 is 9.47 Å². The minimum absolute atomic E-state index is 0.162. The van der Waals surface area contributed by atoms with Gasteiger partial charge in [-0.25, -0.2) is 4.79 Å². The van der Waals surface area contributed by atoms with E-state index in [9.17, 15) is 9.90 Å². The van der Waals surface area contributed by atoms with E-state index in [2.05, 4.69) is 0 Å². The Morgan fingerprint density at radius 1 is 1.00 bits per heavy atom. The number of carboxylic acids is 1. The van der Waals surface area contributed by atoms with E-state index in [-0.39, 0.29) is 5.56 Å². The van der Waals surface area contributed by atoms with Crippen molar-refractivity contribution in [2.24, 2.45) is 0 Å². The van der Waals surface area contributed by atoms with E-state index in [0.717, 1.165) is 11.3 Å². The number of ether oxygens (including phenoxy) is 2. The first-order valence-electron chi connectivity index (χ1n) is 5.72. The zero-order valence-corrected chi connectivity index (χ0v) is 10.7. The van der Waals surface area contributed by atoms with Crippen LogP contribution in [0.3, 0.4) is 0 Å². The van der Waals surface area contributed by atoms with E-state index in [1.165, 1.54) is 7.11 Å². The van der Waals surface area contributed by atoms with E-state index in [0.29, 0.717) is 11.3 Å². The van der Waals surface area contributed by atoms with Crippen LogP contribution in [0, 0.1) is 0 Å². The number of benzene rings is 2. The summed E-state index contributed by atoms with van der Waals surface area (Å²) in [4.78, 5) is 11.4. The van der Waals surface area contributed by atoms with E-state index in [4.69, 9.17) is 9.47 Å². The Morgan fingerprint density at radius 3 is 2.21 bits per heavy atom. The van der Waals surface area contributed by atoms with E-state index >= 15 is 0 Å². The van der Waals surface area contributed by atoms with Gasteiger partial charge in [-0.05, 0) is 29.3 Å². The second-order valence-electron chi connectivity index (χ2n) is 3.92. The third kappa shape index (κ3) is 2.52. The molecule has 0 atom stereocenters. The molecule has 0 amide bonds. The lowest BCUT2D eigenvalue weighted by Crippen LogP contribution is -2.03. The van der Waals surface area contributed by atoms with Gasteiger partial charge in [-0.1, -0.05) is 24.3 Å². The van der Waals surface area contributed by atoms with Crippen LogP contribution in [0.2, 0.25) is 0 Å². The quantitative estimate of drug-likeness (QED) is 0.915. The minimum atomic E-state index is -1.01. The van der Waals surface area contributed by atoms with Gasteiger partial charge in [-0.15, -0.1) is 0 Å². The van der Waals surface area contributed by atoms with Crippen LogP contribution in [0.15, 0.2) is 42.5 Å². The number of aromatic carboxylic acids is 1. The first-order valence-corrected chi connectivity index (χ1v) is 5.72. The van der Waals surface area contributed by atoms with Gasteiger partial charge in [0.15, 0.2) is 0 Å². The van der Waals surface area contributed by atoms with Gasteiger partial charge < -0.3 is 14.6 Å². The highest BCUT2D eigenvalue weighted by molar-refractivity contribution is 5.99. The monoisotopic (exact) mass is 258 g/mol. The lowest BCUT2D eigenvalue weighted by Gasteiger charge is -2.11. The van der Waals surface area contributed by atoms with Crippen LogP contribution in [0.5, 0.6) is 11.5 Å². The highest BCUT2D eigenvalue weighted by Gasteiger charge is 2.17. The summed E-state index contributed by atoms with van der Waals surface area (Å²) in [5, 5.41) is 9.33. The van der Waals surface area contributed by atoms with Crippen molar-refractivity contribution in [2.75, 3.05) is 14.2 Å². The van der Waals surface area contributed by atoms with Gasteiger partial charge in [0.25, 0.3) is 0 Å². The van der Waals surface area contributed by atoms with E-state index in [1.54, 1.807) is 37.4 Å². The van der Waals surface area contributed by atoms with Crippen molar-refractivity contribution >= 4 is 5.97 Å². The smallest absolute Gasteiger partial charge is 0.340 e. The molecule has 2 aromatic rings.